The first-order valence-electron chi connectivity index (χ1n) is 6.04. The molecule has 0 spiro atoms. The number of aromatic nitrogens is 1. The number of carbonyl (C=O) groups excluding carboxylic acids is 3. The van der Waals surface area contributed by atoms with Gasteiger partial charge < -0.3 is 9.15 Å². The number of oxazole rings is 1. The summed E-state index contributed by atoms with van der Waals surface area (Å²) in [5.41, 5.74) is -0.102. The number of rotatable bonds is 0. The summed E-state index contributed by atoms with van der Waals surface area (Å²) in [6.45, 7) is 0. The molecule has 0 unspecified atom stereocenters. The standard InChI is InChI=1S/C14H11NO6/c16-9-4-2-1-3-5-10(17)7-13(18)20-8-12-11(6-9)15-14(19)21-12/h1-4,6,8H,5,7H2,(H,15,19)/b3-1+,4-2+,11-6?,12-8-. The number of hydrogen-bond donors (Lipinski definition) is 1. The van der Waals surface area contributed by atoms with Crippen LogP contribution >= 0.6 is 0 Å². The average molecular weight is 289 g/mol. The zero-order chi connectivity index (χ0) is 15.2. The molecule has 0 fully saturated rings. The van der Waals surface area contributed by atoms with E-state index in [1.54, 1.807) is 0 Å². The molecule has 0 bridgehead atoms. The molecular formula is C14H11NO6. The maximum Gasteiger partial charge on any atom is 0.417 e. The van der Waals surface area contributed by atoms with Crippen molar-refractivity contribution in [2.75, 3.05) is 0 Å². The topological polar surface area (TPSA) is 106 Å². The van der Waals surface area contributed by atoms with Crippen LogP contribution in [0.4, 0.5) is 0 Å². The largest absolute Gasteiger partial charge is 0.430 e. The van der Waals surface area contributed by atoms with Gasteiger partial charge in [0.15, 0.2) is 11.2 Å². The Labute approximate surface area is 117 Å². The van der Waals surface area contributed by atoms with E-state index >= 15 is 0 Å². The van der Waals surface area contributed by atoms with Gasteiger partial charge in [-0.2, -0.15) is 0 Å². The summed E-state index contributed by atoms with van der Waals surface area (Å²) in [6.07, 6.45) is 7.44. The van der Waals surface area contributed by atoms with E-state index in [1.807, 2.05) is 0 Å². The molecule has 21 heavy (non-hydrogen) atoms. The SMILES string of the molecule is O=C1C=c2[nH]c(=O)o/c2=C\OC(=O)CC(=O)C/C=C/C=C/1. The Morgan fingerprint density at radius 3 is 2.71 bits per heavy atom. The van der Waals surface area contributed by atoms with Crippen molar-refractivity contribution in [3.05, 3.63) is 45.6 Å². The van der Waals surface area contributed by atoms with Crippen LogP contribution in [0.1, 0.15) is 12.8 Å². The highest BCUT2D eigenvalue weighted by atomic mass is 16.5. The molecule has 0 saturated carbocycles. The highest BCUT2D eigenvalue weighted by molar-refractivity contribution is 6.13. The fourth-order valence-electron chi connectivity index (χ4n) is 1.56. The number of fused-ring (bicyclic) bond motifs is 1. The summed E-state index contributed by atoms with van der Waals surface area (Å²) in [7, 11) is 0. The van der Waals surface area contributed by atoms with Crippen molar-refractivity contribution in [3.8, 4) is 0 Å². The number of nitrogens with one attached hydrogen (secondary N) is 1. The molecule has 0 saturated heterocycles. The lowest BCUT2D eigenvalue weighted by Crippen LogP contribution is -2.25. The molecule has 2 rings (SSSR count). The van der Waals surface area contributed by atoms with Crippen LogP contribution < -0.4 is 16.5 Å². The van der Waals surface area contributed by atoms with Crippen molar-refractivity contribution in [2.45, 2.75) is 12.8 Å². The minimum Gasteiger partial charge on any atom is -0.430 e. The van der Waals surface area contributed by atoms with Gasteiger partial charge in [0, 0.05) is 12.5 Å². The van der Waals surface area contributed by atoms with Crippen LogP contribution in [0.5, 0.6) is 0 Å². The Bertz CT molecular complexity index is 805. The van der Waals surface area contributed by atoms with Crippen LogP contribution in [-0.4, -0.2) is 22.5 Å². The van der Waals surface area contributed by atoms with Crippen molar-refractivity contribution in [1.82, 2.24) is 4.98 Å². The maximum atomic E-state index is 11.6. The number of cyclic esters (lactones) is 1. The quantitative estimate of drug-likeness (QED) is 0.488. The van der Waals surface area contributed by atoms with Gasteiger partial charge in [-0.15, -0.1) is 0 Å². The van der Waals surface area contributed by atoms with Gasteiger partial charge in [0.2, 0.25) is 0 Å². The minimum atomic E-state index is -0.791. The van der Waals surface area contributed by atoms with E-state index in [4.69, 9.17) is 9.15 Å². The molecule has 1 aliphatic heterocycles. The van der Waals surface area contributed by atoms with Gasteiger partial charge in [-0.1, -0.05) is 18.2 Å². The smallest absolute Gasteiger partial charge is 0.417 e. The summed E-state index contributed by atoms with van der Waals surface area (Å²) in [6, 6.07) is 0. The molecule has 1 aromatic heterocycles. The van der Waals surface area contributed by atoms with Crippen molar-refractivity contribution in [3.63, 3.8) is 0 Å². The Balaban J connectivity index is 2.47. The normalized spacial score (nSPS) is 21.1. The number of allylic oxidation sites excluding steroid dienone is 4. The first-order valence-corrected chi connectivity index (χ1v) is 6.04. The van der Waals surface area contributed by atoms with Crippen LogP contribution in [0.25, 0.3) is 12.3 Å². The van der Waals surface area contributed by atoms with Gasteiger partial charge in [0.25, 0.3) is 0 Å². The zero-order valence-electron chi connectivity index (χ0n) is 10.8. The van der Waals surface area contributed by atoms with E-state index < -0.39 is 23.9 Å². The molecule has 0 aliphatic carbocycles. The Morgan fingerprint density at radius 2 is 1.90 bits per heavy atom. The zero-order valence-corrected chi connectivity index (χ0v) is 10.8. The van der Waals surface area contributed by atoms with Crippen LogP contribution in [0.3, 0.4) is 0 Å². The monoisotopic (exact) mass is 289 g/mol. The van der Waals surface area contributed by atoms with Crippen LogP contribution in [0.2, 0.25) is 0 Å². The fourth-order valence-corrected chi connectivity index (χ4v) is 1.56. The Kier molecular flexibility index (Phi) is 4.45. The predicted octanol–water partition coefficient (Wildman–Crippen LogP) is -0.926. The van der Waals surface area contributed by atoms with Crippen LogP contribution in [0.15, 0.2) is 33.5 Å². The third-order valence-corrected chi connectivity index (χ3v) is 2.48. The lowest BCUT2D eigenvalue weighted by atomic mass is 10.2. The average Bonchev–Trinajstić information content (AvgIpc) is 2.75. The van der Waals surface area contributed by atoms with Crippen molar-refractivity contribution >= 4 is 29.9 Å². The molecule has 0 atom stereocenters. The molecule has 0 amide bonds. The van der Waals surface area contributed by atoms with Gasteiger partial charge in [-0.25, -0.2) is 4.79 Å². The van der Waals surface area contributed by atoms with Crippen LogP contribution in [0, 0.1) is 0 Å². The van der Waals surface area contributed by atoms with Crippen molar-refractivity contribution < 1.29 is 23.5 Å². The molecule has 1 aliphatic rings. The number of esters is 1. The molecule has 0 radical (unpaired) electrons. The summed E-state index contributed by atoms with van der Waals surface area (Å²) in [4.78, 5) is 47.9. The molecule has 108 valence electrons. The van der Waals surface area contributed by atoms with Gasteiger partial charge in [0.1, 0.15) is 18.5 Å². The van der Waals surface area contributed by atoms with E-state index in [9.17, 15) is 19.2 Å². The second-order valence-electron chi connectivity index (χ2n) is 4.15. The van der Waals surface area contributed by atoms with Gasteiger partial charge in [-0.05, 0) is 6.08 Å². The van der Waals surface area contributed by atoms with E-state index in [0.717, 1.165) is 12.3 Å². The highest BCUT2D eigenvalue weighted by Crippen LogP contribution is 1.96. The van der Waals surface area contributed by atoms with Gasteiger partial charge in [0.05, 0.1) is 5.35 Å². The Hall–Kier alpha value is -2.96. The number of aromatic amines is 1. The van der Waals surface area contributed by atoms with Crippen LogP contribution in [-0.2, 0) is 19.1 Å². The fraction of sp³-hybridized carbons (Fsp3) is 0.143. The third kappa shape index (κ3) is 4.27. The third-order valence-electron chi connectivity index (χ3n) is 2.48. The number of Topliss-reactive ketones (excluding diaryl/α,β-unsaturated/α-hetero) is 1. The van der Waals surface area contributed by atoms with E-state index in [1.165, 1.54) is 24.3 Å². The van der Waals surface area contributed by atoms with E-state index in [0.29, 0.717) is 0 Å². The second kappa shape index (κ2) is 6.47. The Morgan fingerprint density at radius 1 is 1.10 bits per heavy atom. The number of H-pyrrole nitrogens is 1. The van der Waals surface area contributed by atoms with Crippen molar-refractivity contribution in [1.29, 1.82) is 0 Å². The molecule has 0 aromatic carbocycles. The number of carbonyl (C=O) groups is 3. The summed E-state index contributed by atoms with van der Waals surface area (Å²) >= 11 is 0. The first-order chi connectivity index (χ1) is 10.0. The number of ketones is 2. The number of hydrogen-bond acceptors (Lipinski definition) is 6. The highest BCUT2D eigenvalue weighted by Gasteiger charge is 2.09. The second-order valence-corrected chi connectivity index (χ2v) is 4.15. The maximum absolute atomic E-state index is 11.6. The predicted molar refractivity (Wildman–Crippen MR) is 71.1 cm³/mol. The molecule has 2 heterocycles. The van der Waals surface area contributed by atoms with Gasteiger partial charge in [-0.3, -0.25) is 19.4 Å². The molecule has 1 aromatic rings. The summed E-state index contributed by atoms with van der Waals surface area (Å²) in [5.74, 6) is -2.30. The summed E-state index contributed by atoms with van der Waals surface area (Å²) in [5, 5.41) is 0.0785. The number of ether oxygens (including phenoxy) is 1. The van der Waals surface area contributed by atoms with E-state index in [2.05, 4.69) is 4.98 Å². The van der Waals surface area contributed by atoms with Gasteiger partial charge >= 0.3 is 11.7 Å². The van der Waals surface area contributed by atoms with E-state index in [-0.39, 0.29) is 23.0 Å². The minimum absolute atomic E-state index is 0.0574. The molecule has 7 nitrogen and oxygen atoms in total. The molecular weight excluding hydrogens is 278 g/mol. The first kappa shape index (κ1) is 14.4. The lowest BCUT2D eigenvalue weighted by Gasteiger charge is -1.96. The molecule has 1 N–H and O–H groups in total. The molecule has 7 heteroatoms. The van der Waals surface area contributed by atoms with Crippen molar-refractivity contribution in [2.24, 2.45) is 0 Å². The lowest BCUT2D eigenvalue weighted by molar-refractivity contribution is -0.139. The summed E-state index contributed by atoms with van der Waals surface area (Å²) < 4.78 is 9.46.